The summed E-state index contributed by atoms with van der Waals surface area (Å²) in [5.74, 6) is 0.293. The van der Waals surface area contributed by atoms with Gasteiger partial charge in [-0.1, -0.05) is 0 Å². The number of ketones is 1. The van der Waals surface area contributed by atoms with Gasteiger partial charge in [-0.15, -0.1) is 0 Å². The number of rotatable bonds is 6. The molecule has 0 radical (unpaired) electrons. The van der Waals surface area contributed by atoms with E-state index in [4.69, 9.17) is 0 Å². The van der Waals surface area contributed by atoms with E-state index in [-0.39, 0.29) is 0 Å². The molecule has 1 saturated heterocycles. The Balaban J connectivity index is 1.81. The predicted octanol–water partition coefficient (Wildman–Crippen LogP) is 2.51. The molecule has 1 heterocycles. The van der Waals surface area contributed by atoms with Gasteiger partial charge in [-0.05, 0) is 0 Å². The van der Waals surface area contributed by atoms with E-state index < -0.39 is 0 Å². The second kappa shape index (κ2) is 7.84. The first-order valence-corrected chi connectivity index (χ1v) is 9.35. The van der Waals surface area contributed by atoms with Crippen molar-refractivity contribution in [2.75, 3.05) is 19.6 Å². The van der Waals surface area contributed by atoms with Gasteiger partial charge in [0.05, 0.1) is 0 Å². The number of benzene rings is 1. The monoisotopic (exact) mass is 325 g/mol. The number of Topliss-reactive ketones (excluding diaryl/α,β-unsaturated/α-hetero) is 1. The third-order valence-electron chi connectivity index (χ3n) is 3.59. The zero-order valence-electron chi connectivity index (χ0n) is 11.7. The molecule has 1 fully saturated rings. The third-order valence-corrected chi connectivity index (χ3v) is 5.47. The predicted molar refractivity (Wildman–Crippen MR) is 81.5 cm³/mol. The van der Waals surface area contributed by atoms with Crippen molar-refractivity contribution in [1.29, 1.82) is 0 Å². The van der Waals surface area contributed by atoms with Crippen LogP contribution in [0.4, 0.5) is 0 Å². The van der Waals surface area contributed by atoms with E-state index in [0.29, 0.717) is 27.2 Å². The molecule has 0 spiro atoms. The summed E-state index contributed by atoms with van der Waals surface area (Å²) in [7, 11) is 0. The number of hydrogen-bond donors (Lipinski definition) is 0. The second-order valence-electron chi connectivity index (χ2n) is 5.03. The van der Waals surface area contributed by atoms with Crippen LogP contribution in [0.2, 0.25) is 5.32 Å². The van der Waals surface area contributed by atoms with Crippen LogP contribution in [0.25, 0.3) is 0 Å². The van der Waals surface area contributed by atoms with Crippen molar-refractivity contribution in [1.82, 2.24) is 4.90 Å². The molecule has 0 amide bonds. The maximum atomic E-state index is 12.1. The van der Waals surface area contributed by atoms with E-state index in [1.54, 1.807) is 0 Å². The topological polar surface area (TPSA) is 20.3 Å². The molecule has 0 atom stereocenters. The molecular weight excluding hydrogens is 301 g/mol. The Bertz CT molecular complexity index is 396. The van der Waals surface area contributed by atoms with Crippen molar-refractivity contribution >= 4 is 25.2 Å². The summed E-state index contributed by atoms with van der Waals surface area (Å²) in [5.41, 5.74) is 0.882. The van der Waals surface area contributed by atoms with Crippen molar-refractivity contribution in [2.45, 2.75) is 37.9 Å². The van der Waals surface area contributed by atoms with Crippen LogP contribution in [0.5, 0.6) is 0 Å². The number of nitrogens with zero attached hydrogens (tertiary/aromatic N) is 1. The van der Waals surface area contributed by atoms with Crippen LogP contribution in [0, 0.1) is 0 Å². The Morgan fingerprint density at radius 3 is 2.47 bits per heavy atom. The van der Waals surface area contributed by atoms with Crippen molar-refractivity contribution in [3.63, 3.8) is 0 Å². The van der Waals surface area contributed by atoms with E-state index in [1.807, 2.05) is 12.1 Å². The second-order valence-corrected chi connectivity index (χ2v) is 7.84. The van der Waals surface area contributed by atoms with Gasteiger partial charge in [0, 0.05) is 0 Å². The first-order chi connectivity index (χ1) is 9.29. The molecule has 1 aromatic rings. The zero-order valence-corrected chi connectivity index (χ0v) is 13.4. The first-order valence-electron chi connectivity index (χ1n) is 7.28. The number of carbonyl (C=O) groups excluding carboxylic acids is 1. The molecule has 2 nitrogen and oxygen atoms in total. The molecule has 19 heavy (non-hydrogen) atoms. The summed E-state index contributed by atoms with van der Waals surface area (Å²) >= 11 is 0.565. The number of likely N-dealkylation sites (tertiary alicyclic amines) is 1. The maximum absolute atomic E-state index is 12.1. The Hall–Kier alpha value is -0.631. The van der Waals surface area contributed by atoms with Gasteiger partial charge in [-0.3, -0.25) is 0 Å². The van der Waals surface area contributed by atoms with Crippen LogP contribution >= 0.6 is 0 Å². The molecule has 0 aromatic heterocycles. The summed E-state index contributed by atoms with van der Waals surface area (Å²) in [4.78, 5) is 14.6. The third kappa shape index (κ3) is 4.76. The fourth-order valence-electron chi connectivity index (χ4n) is 2.49. The Labute approximate surface area is 122 Å². The van der Waals surface area contributed by atoms with Gasteiger partial charge in [0.25, 0.3) is 0 Å². The van der Waals surface area contributed by atoms with Crippen LogP contribution in [-0.2, 0) is 0 Å². The van der Waals surface area contributed by atoms with Crippen LogP contribution in [0.3, 0.4) is 0 Å². The number of hydrogen-bond acceptors (Lipinski definition) is 2. The zero-order chi connectivity index (χ0) is 13.5. The quantitative estimate of drug-likeness (QED) is 0.592. The molecule has 1 aromatic carbocycles. The summed E-state index contributed by atoms with van der Waals surface area (Å²) in [5, 5.41) is 1.22. The molecule has 2 rings (SSSR count). The van der Waals surface area contributed by atoms with Crippen LogP contribution in [-0.4, -0.2) is 45.3 Å². The van der Waals surface area contributed by atoms with Crippen molar-refractivity contribution in [3.05, 3.63) is 29.8 Å². The standard InChI is InChI=1S/C16H23NOSe/c1-2-19-15-8-6-14(7-9-15)16(18)10-13-17-11-4-3-5-12-17/h6-9H,2-5,10-13H2,1H3. The summed E-state index contributed by atoms with van der Waals surface area (Å²) < 4.78 is 1.39. The van der Waals surface area contributed by atoms with Crippen molar-refractivity contribution in [3.8, 4) is 0 Å². The SMILES string of the molecule is CC[Se]c1ccc(C(=O)CCN2CCCCC2)cc1. The Morgan fingerprint density at radius 2 is 1.84 bits per heavy atom. The van der Waals surface area contributed by atoms with Crippen molar-refractivity contribution < 1.29 is 4.79 Å². The summed E-state index contributed by atoms with van der Waals surface area (Å²) in [6.45, 7) is 5.48. The fourth-order valence-corrected chi connectivity index (χ4v) is 3.88. The number of piperidine rings is 1. The molecular formula is C16H23NOSe. The molecule has 104 valence electrons. The summed E-state index contributed by atoms with van der Waals surface area (Å²) in [6, 6.07) is 8.26. The van der Waals surface area contributed by atoms with Crippen LogP contribution in [0.1, 0.15) is 43.0 Å². The van der Waals surface area contributed by atoms with E-state index in [0.717, 1.165) is 12.1 Å². The van der Waals surface area contributed by atoms with Gasteiger partial charge in [-0.2, -0.15) is 0 Å². The molecule has 0 N–H and O–H groups in total. The molecule has 0 unspecified atom stereocenters. The molecule has 0 bridgehead atoms. The van der Waals surface area contributed by atoms with Crippen LogP contribution < -0.4 is 4.46 Å². The molecule has 0 saturated carbocycles. The van der Waals surface area contributed by atoms with E-state index in [9.17, 15) is 4.79 Å². The van der Waals surface area contributed by atoms with Gasteiger partial charge in [-0.25, -0.2) is 0 Å². The van der Waals surface area contributed by atoms with E-state index >= 15 is 0 Å². The van der Waals surface area contributed by atoms with E-state index in [1.165, 1.54) is 42.1 Å². The van der Waals surface area contributed by atoms with Gasteiger partial charge < -0.3 is 0 Å². The minimum atomic E-state index is 0.293. The van der Waals surface area contributed by atoms with Crippen molar-refractivity contribution in [2.24, 2.45) is 0 Å². The summed E-state index contributed by atoms with van der Waals surface area (Å²) in [6.07, 6.45) is 4.60. The minimum absolute atomic E-state index is 0.293. The Morgan fingerprint density at radius 1 is 1.16 bits per heavy atom. The molecule has 1 aliphatic heterocycles. The van der Waals surface area contributed by atoms with Gasteiger partial charge in [0.1, 0.15) is 0 Å². The van der Waals surface area contributed by atoms with Gasteiger partial charge in [0.15, 0.2) is 0 Å². The number of carbonyl (C=O) groups is 1. The molecule has 1 aliphatic rings. The normalized spacial score (nSPS) is 16.5. The van der Waals surface area contributed by atoms with Crippen LogP contribution in [0.15, 0.2) is 24.3 Å². The fraction of sp³-hybridized carbons (Fsp3) is 0.562. The molecule has 3 heteroatoms. The van der Waals surface area contributed by atoms with Gasteiger partial charge in [0.2, 0.25) is 0 Å². The Kier molecular flexibility index (Phi) is 6.09. The van der Waals surface area contributed by atoms with Gasteiger partial charge >= 0.3 is 122 Å². The average Bonchev–Trinajstić information content (AvgIpc) is 2.47. The van der Waals surface area contributed by atoms with E-state index in [2.05, 4.69) is 24.0 Å². The first kappa shape index (κ1) is 14.8. The molecule has 0 aliphatic carbocycles. The average molecular weight is 324 g/mol.